The van der Waals surface area contributed by atoms with Crippen LogP contribution in [0, 0.1) is 10.8 Å². The van der Waals surface area contributed by atoms with Gasteiger partial charge in [-0.05, 0) is 98.3 Å². The molecule has 0 spiro atoms. The first kappa shape index (κ1) is 20.7. The van der Waals surface area contributed by atoms with Crippen molar-refractivity contribution in [2.24, 2.45) is 10.8 Å². The van der Waals surface area contributed by atoms with Crippen molar-refractivity contribution in [2.75, 3.05) is 0 Å². The average Bonchev–Trinajstić information content (AvgIpc) is 3.55. The molecule has 1 aromatic carbocycles. The van der Waals surface area contributed by atoms with Gasteiger partial charge in [0.15, 0.2) is 0 Å². The summed E-state index contributed by atoms with van der Waals surface area (Å²) in [7, 11) is 0. The average molecular weight is 371 g/mol. The highest BCUT2D eigenvalue weighted by Crippen LogP contribution is 2.49. The lowest BCUT2D eigenvalue weighted by molar-refractivity contribution is 0.468. The van der Waals surface area contributed by atoms with Crippen molar-refractivity contribution in [3.8, 4) is 5.75 Å². The van der Waals surface area contributed by atoms with Crippen LogP contribution in [0.5, 0.6) is 5.75 Å². The van der Waals surface area contributed by atoms with Crippen LogP contribution in [0.3, 0.4) is 0 Å². The van der Waals surface area contributed by atoms with Crippen LogP contribution in [-0.4, -0.2) is 5.11 Å². The molecule has 0 radical (unpaired) electrons. The molecule has 0 aromatic heterocycles. The fourth-order valence-electron chi connectivity index (χ4n) is 4.46. The summed E-state index contributed by atoms with van der Waals surface area (Å²) < 4.78 is 0. The minimum absolute atomic E-state index is 0.438. The van der Waals surface area contributed by atoms with Crippen molar-refractivity contribution in [1.82, 2.24) is 0 Å². The molecule has 1 nitrogen and oxygen atoms in total. The van der Waals surface area contributed by atoms with E-state index in [1.54, 1.807) is 0 Å². The molecule has 1 N–H and O–H groups in total. The van der Waals surface area contributed by atoms with E-state index in [0.29, 0.717) is 5.75 Å². The highest BCUT2D eigenvalue weighted by atomic mass is 16.3. The van der Waals surface area contributed by atoms with Gasteiger partial charge in [-0.2, -0.15) is 0 Å². The van der Waals surface area contributed by atoms with Gasteiger partial charge >= 0.3 is 0 Å². The monoisotopic (exact) mass is 370 g/mol. The van der Waals surface area contributed by atoms with Gasteiger partial charge in [-0.3, -0.25) is 0 Å². The number of unbranched alkanes of at least 4 members (excludes halogenated alkanes) is 6. The molecule has 1 aromatic rings. The van der Waals surface area contributed by atoms with Crippen molar-refractivity contribution in [2.45, 2.75) is 117 Å². The molecule has 2 aliphatic carbocycles. The van der Waals surface area contributed by atoms with E-state index in [1.807, 2.05) is 12.1 Å². The quantitative estimate of drug-likeness (QED) is 0.329. The lowest BCUT2D eigenvalue weighted by Crippen LogP contribution is -1.97. The summed E-state index contributed by atoms with van der Waals surface area (Å²) in [6.07, 6.45) is 21.9. The summed E-state index contributed by atoms with van der Waals surface area (Å²) in [5.74, 6) is 0.438. The van der Waals surface area contributed by atoms with Gasteiger partial charge in [-0.25, -0.2) is 0 Å². The van der Waals surface area contributed by atoms with Crippen LogP contribution in [0.4, 0.5) is 0 Å². The van der Waals surface area contributed by atoms with E-state index in [9.17, 15) is 5.11 Å². The number of hydrogen-bond donors (Lipinski definition) is 1. The molecule has 2 saturated carbocycles. The Morgan fingerprint density at radius 1 is 0.667 bits per heavy atom. The fraction of sp³-hybridized carbons (Fsp3) is 0.769. The lowest BCUT2D eigenvalue weighted by atomic mass is 9.95. The third-order valence-corrected chi connectivity index (χ3v) is 7.35. The maximum absolute atomic E-state index is 9.90. The summed E-state index contributed by atoms with van der Waals surface area (Å²) in [6, 6.07) is 6.07. The van der Waals surface area contributed by atoms with E-state index in [2.05, 4.69) is 19.9 Å². The Morgan fingerprint density at radius 2 is 1.15 bits per heavy atom. The Kier molecular flexibility index (Phi) is 7.29. The van der Waals surface area contributed by atoms with E-state index in [1.165, 1.54) is 107 Å². The van der Waals surface area contributed by atoms with Crippen LogP contribution < -0.4 is 0 Å². The molecule has 2 aliphatic rings. The van der Waals surface area contributed by atoms with Crippen LogP contribution in [-0.2, 0) is 12.8 Å². The second-order valence-corrected chi connectivity index (χ2v) is 10.4. The molecular formula is C26H42O. The molecule has 2 fully saturated rings. The van der Waals surface area contributed by atoms with Gasteiger partial charge in [0.25, 0.3) is 0 Å². The van der Waals surface area contributed by atoms with Crippen molar-refractivity contribution in [3.05, 3.63) is 29.3 Å². The van der Waals surface area contributed by atoms with Crippen LogP contribution in [0.2, 0.25) is 0 Å². The van der Waals surface area contributed by atoms with Gasteiger partial charge in [0, 0.05) is 0 Å². The third kappa shape index (κ3) is 7.51. The molecule has 0 atom stereocenters. The van der Waals surface area contributed by atoms with Crippen LogP contribution in [0.1, 0.15) is 115 Å². The van der Waals surface area contributed by atoms with Gasteiger partial charge in [-0.1, -0.05) is 58.4 Å². The van der Waals surface area contributed by atoms with Crippen LogP contribution in [0.25, 0.3) is 0 Å². The van der Waals surface area contributed by atoms with Gasteiger partial charge in [0.2, 0.25) is 0 Å². The first-order valence-corrected chi connectivity index (χ1v) is 11.8. The highest BCUT2D eigenvalue weighted by molar-refractivity contribution is 5.35. The zero-order valence-electron chi connectivity index (χ0n) is 18.0. The second kappa shape index (κ2) is 9.48. The van der Waals surface area contributed by atoms with Crippen LogP contribution >= 0.6 is 0 Å². The molecule has 0 unspecified atom stereocenters. The number of phenols is 1. The number of aryl methyl sites for hydroxylation is 2. The van der Waals surface area contributed by atoms with Crippen molar-refractivity contribution in [1.29, 1.82) is 0 Å². The Balaban J connectivity index is 1.30. The van der Waals surface area contributed by atoms with Crippen molar-refractivity contribution in [3.63, 3.8) is 0 Å². The van der Waals surface area contributed by atoms with Crippen LogP contribution in [0.15, 0.2) is 18.2 Å². The third-order valence-electron chi connectivity index (χ3n) is 7.35. The summed E-state index contributed by atoms with van der Waals surface area (Å²) in [4.78, 5) is 0. The van der Waals surface area contributed by atoms with Gasteiger partial charge in [-0.15, -0.1) is 0 Å². The smallest absolute Gasteiger partial charge is 0.115 e. The summed E-state index contributed by atoms with van der Waals surface area (Å²) >= 11 is 0. The molecule has 0 aliphatic heterocycles. The van der Waals surface area contributed by atoms with Gasteiger partial charge in [0.1, 0.15) is 5.75 Å². The Bertz CT molecular complexity index is 580. The number of rotatable bonds is 14. The summed E-state index contributed by atoms with van der Waals surface area (Å²) in [5, 5.41) is 9.90. The topological polar surface area (TPSA) is 20.2 Å². The molecule has 27 heavy (non-hydrogen) atoms. The molecule has 0 heterocycles. The van der Waals surface area contributed by atoms with Gasteiger partial charge in [0.05, 0.1) is 0 Å². The number of phenolic OH excluding ortho intramolecular Hbond substituents is 1. The lowest BCUT2D eigenvalue weighted by Gasteiger charge is -2.12. The van der Waals surface area contributed by atoms with E-state index in [4.69, 9.17) is 0 Å². The van der Waals surface area contributed by atoms with Crippen molar-refractivity contribution < 1.29 is 5.11 Å². The zero-order valence-corrected chi connectivity index (χ0v) is 18.0. The van der Waals surface area contributed by atoms with E-state index >= 15 is 0 Å². The summed E-state index contributed by atoms with van der Waals surface area (Å²) in [6.45, 7) is 4.89. The van der Waals surface area contributed by atoms with E-state index in [0.717, 1.165) is 17.3 Å². The maximum atomic E-state index is 9.90. The van der Waals surface area contributed by atoms with E-state index < -0.39 is 0 Å². The minimum atomic E-state index is 0.438. The molecule has 152 valence electrons. The molecule has 0 amide bonds. The Hall–Kier alpha value is -0.980. The number of aromatic hydroxyl groups is 1. The molecular weight excluding hydrogens is 328 g/mol. The van der Waals surface area contributed by atoms with Crippen molar-refractivity contribution >= 4 is 0 Å². The Morgan fingerprint density at radius 3 is 1.67 bits per heavy atom. The minimum Gasteiger partial charge on any atom is -0.508 e. The highest BCUT2D eigenvalue weighted by Gasteiger charge is 2.36. The largest absolute Gasteiger partial charge is 0.508 e. The maximum Gasteiger partial charge on any atom is 0.115 e. The molecule has 3 rings (SSSR count). The first-order valence-electron chi connectivity index (χ1n) is 11.8. The molecule has 0 bridgehead atoms. The molecule has 0 saturated heterocycles. The predicted molar refractivity (Wildman–Crippen MR) is 116 cm³/mol. The molecule has 1 heteroatoms. The SMILES string of the molecule is CC1(CCCCCCc2ccc(O)cc2CCCCCCC2(C)CC2)CC1. The number of hydrogen-bond acceptors (Lipinski definition) is 1. The second-order valence-electron chi connectivity index (χ2n) is 10.4. The predicted octanol–water partition coefficient (Wildman–Crippen LogP) is 7.98. The Labute approximate surface area is 168 Å². The fourth-order valence-corrected chi connectivity index (χ4v) is 4.46. The number of benzene rings is 1. The first-order chi connectivity index (χ1) is 13.0. The van der Waals surface area contributed by atoms with E-state index in [-0.39, 0.29) is 0 Å². The summed E-state index contributed by atoms with van der Waals surface area (Å²) in [5.41, 5.74) is 4.32. The van der Waals surface area contributed by atoms with Gasteiger partial charge < -0.3 is 5.11 Å². The normalized spacial score (nSPS) is 19.2. The zero-order chi connectivity index (χ0) is 19.2. The standard InChI is InChI=1S/C26H42O/c1-25(17-18-25)15-9-5-3-7-11-22-13-14-24(27)21-23(22)12-8-4-6-10-16-26(2)19-20-26/h13-14,21,27H,3-12,15-20H2,1-2H3.